The van der Waals surface area contributed by atoms with Crippen molar-refractivity contribution in [2.75, 3.05) is 19.0 Å². The number of hydrazone groups is 1. The lowest BCUT2D eigenvalue weighted by molar-refractivity contribution is -0.197. The second-order valence-corrected chi connectivity index (χ2v) is 12.7. The number of nitrogens with one attached hydrogen (secondary N) is 1. The fourth-order valence-corrected chi connectivity index (χ4v) is 5.64. The van der Waals surface area contributed by atoms with Gasteiger partial charge in [0.05, 0.1) is 24.1 Å². The number of ether oxygens (including phenoxy) is 8. The van der Waals surface area contributed by atoms with Crippen molar-refractivity contribution < 1.29 is 85.1 Å². The molecule has 0 bridgehead atoms. The summed E-state index contributed by atoms with van der Waals surface area (Å²) >= 11 is 0.819. The molecular weight excluding hydrogens is 772 g/mol. The lowest BCUT2D eigenvalue weighted by Gasteiger charge is -2.34. The Kier molecular flexibility index (Phi) is 16.5. The number of rotatable bonds is 18. The Balaban J connectivity index is 1.74. The summed E-state index contributed by atoms with van der Waals surface area (Å²) < 4.78 is 53.8. The summed E-state index contributed by atoms with van der Waals surface area (Å²) in [6.45, 7) is 8.42. The second kappa shape index (κ2) is 20.7. The summed E-state index contributed by atoms with van der Waals surface area (Å²) in [7, 11) is 0. The van der Waals surface area contributed by atoms with Crippen molar-refractivity contribution in [2.24, 2.45) is 5.10 Å². The highest BCUT2D eigenvalue weighted by atomic mass is 32.2. The lowest BCUT2D eigenvalue weighted by Crippen LogP contribution is -2.53. The van der Waals surface area contributed by atoms with Crippen LogP contribution in [-0.4, -0.2) is 120 Å². The zero-order chi connectivity index (χ0) is 41.7. The van der Waals surface area contributed by atoms with Crippen LogP contribution in [0.4, 0.5) is 0 Å². The van der Waals surface area contributed by atoms with Gasteiger partial charge in [0.15, 0.2) is 42.7 Å². The maximum Gasteiger partial charge on any atom is 0.303 e. The first-order valence-corrected chi connectivity index (χ1v) is 17.5. The minimum absolute atomic E-state index is 0.0147. The molecule has 2 aromatic heterocycles. The smallest absolute Gasteiger partial charge is 0.303 e. The van der Waals surface area contributed by atoms with Gasteiger partial charge in [0, 0.05) is 48.5 Å². The molecule has 1 aliphatic rings. The van der Waals surface area contributed by atoms with E-state index in [9.17, 15) is 38.4 Å². The van der Waals surface area contributed by atoms with E-state index < -0.39 is 97.0 Å². The molecule has 1 fully saturated rings. The van der Waals surface area contributed by atoms with Gasteiger partial charge in [0.1, 0.15) is 18.1 Å². The highest BCUT2D eigenvalue weighted by Crippen LogP contribution is 2.38. The highest BCUT2D eigenvalue weighted by Gasteiger charge is 2.46. The molecule has 0 radical (unpaired) electrons. The van der Waals surface area contributed by atoms with Crippen molar-refractivity contribution in [3.8, 4) is 11.5 Å². The fourth-order valence-electron chi connectivity index (χ4n) is 5.09. The van der Waals surface area contributed by atoms with E-state index in [0.29, 0.717) is 11.3 Å². The number of esters is 7. The van der Waals surface area contributed by atoms with Crippen LogP contribution in [0.1, 0.15) is 66.1 Å². The summed E-state index contributed by atoms with van der Waals surface area (Å²) in [5, 5.41) is 11.7. The number of aryl methyl sites for hydroxylation is 1. The molecule has 0 aromatic carbocycles. The van der Waals surface area contributed by atoms with Gasteiger partial charge in [0.25, 0.3) is 17.0 Å². The van der Waals surface area contributed by atoms with E-state index in [0.717, 1.165) is 52.6 Å². The van der Waals surface area contributed by atoms with Crippen molar-refractivity contribution >= 4 is 65.7 Å². The molecule has 23 heteroatoms. The van der Waals surface area contributed by atoms with E-state index in [-0.39, 0.29) is 29.2 Å². The number of carbonyl (C=O) groups excluding carboxylic acids is 8. The highest BCUT2D eigenvalue weighted by molar-refractivity contribution is 7.99. The van der Waals surface area contributed by atoms with Crippen LogP contribution in [0.15, 0.2) is 25.2 Å². The van der Waals surface area contributed by atoms with E-state index in [1.165, 1.54) is 19.9 Å². The first-order valence-electron chi connectivity index (χ1n) is 16.5. The number of hydrogen-bond donors (Lipinski definition) is 1. The monoisotopic (exact) mass is 812 g/mol. The molecule has 0 unspecified atom stereocenters. The Hall–Kier alpha value is -5.84. The molecule has 0 aliphatic carbocycles. The topological polar surface area (TPSA) is 287 Å². The van der Waals surface area contributed by atoms with Crippen molar-refractivity contribution in [3.63, 3.8) is 0 Å². The molecule has 2 aromatic rings. The quantitative estimate of drug-likeness (QED) is 0.0723. The molecule has 1 N–H and O–H groups in total. The third kappa shape index (κ3) is 13.8. The zero-order valence-corrected chi connectivity index (χ0v) is 32.2. The third-order valence-electron chi connectivity index (χ3n) is 7.00. The van der Waals surface area contributed by atoms with E-state index in [1.54, 1.807) is 6.92 Å². The van der Waals surface area contributed by atoms with E-state index in [4.69, 9.17) is 46.7 Å². The van der Waals surface area contributed by atoms with Crippen LogP contribution in [0.2, 0.25) is 0 Å². The predicted molar refractivity (Wildman–Crippen MR) is 183 cm³/mol. The van der Waals surface area contributed by atoms with Crippen LogP contribution < -0.4 is 5.43 Å². The summed E-state index contributed by atoms with van der Waals surface area (Å²) in [5.41, 5.74) is 2.56. The summed E-state index contributed by atoms with van der Waals surface area (Å²) in [5.74, 6) is -6.13. The Bertz CT molecular complexity index is 1810. The van der Waals surface area contributed by atoms with Gasteiger partial charge in [-0.2, -0.15) is 5.10 Å². The van der Waals surface area contributed by atoms with Crippen LogP contribution in [0.5, 0.6) is 0 Å². The molecular formula is C33H40N4O18S. The predicted octanol–water partition coefficient (Wildman–Crippen LogP) is 1.06. The molecule has 1 amide bonds. The molecule has 56 heavy (non-hydrogen) atoms. The van der Waals surface area contributed by atoms with Gasteiger partial charge in [-0.25, -0.2) is 5.43 Å². The molecule has 1 saturated heterocycles. The second-order valence-electron chi connectivity index (χ2n) is 11.7. The number of hydrogen-bond acceptors (Lipinski definition) is 22. The molecule has 1 aliphatic heterocycles. The van der Waals surface area contributed by atoms with E-state index >= 15 is 0 Å². The number of thioether (sulfide) groups is 1. The molecule has 7 atom stereocenters. The number of nitrogens with zero attached hydrogens (tertiary/aromatic N) is 3. The molecule has 3 rings (SSSR count). The standard InChI is InChI=1S/C33H40N4O18S/c1-14-22(9-23(48-14)28-30(53-20(7)43)26(12-47-28)51-18(5)41)32-36-37-33(55-32)56-13-27(45)35-34-10-24(49-16(3)39)29(52-19(6)42)31(54-21(8)44)25(50-17(4)40)11-46-15(2)38/h9-10,24-26,28-31H,11-13H2,1-8H3,(H,35,45)/b34-10+/t24-,25+,26+,28-,29+,30+,31+/m0/s1. The first kappa shape index (κ1) is 44.6. The maximum absolute atomic E-state index is 12.7. The van der Waals surface area contributed by atoms with Gasteiger partial charge in [-0.3, -0.25) is 38.4 Å². The zero-order valence-electron chi connectivity index (χ0n) is 31.4. The summed E-state index contributed by atoms with van der Waals surface area (Å²) in [4.78, 5) is 95.7. The molecule has 306 valence electrons. The first-order chi connectivity index (χ1) is 26.3. The van der Waals surface area contributed by atoms with Crippen molar-refractivity contribution in [1.82, 2.24) is 15.6 Å². The lowest BCUT2D eigenvalue weighted by atomic mass is 10.0. The number of carbonyl (C=O) groups is 8. The van der Waals surface area contributed by atoms with Gasteiger partial charge in [-0.05, 0) is 13.0 Å². The van der Waals surface area contributed by atoms with E-state index in [1.807, 2.05) is 0 Å². The number of amides is 1. The summed E-state index contributed by atoms with van der Waals surface area (Å²) in [6.07, 6.45) is -8.54. The van der Waals surface area contributed by atoms with Crippen LogP contribution in [-0.2, 0) is 76.3 Å². The van der Waals surface area contributed by atoms with Gasteiger partial charge in [0.2, 0.25) is 0 Å². The summed E-state index contributed by atoms with van der Waals surface area (Å²) in [6, 6.07) is 1.54. The fraction of sp³-hybridized carbons (Fsp3) is 0.545. The minimum Gasteiger partial charge on any atom is -0.463 e. The largest absolute Gasteiger partial charge is 0.463 e. The molecule has 22 nitrogen and oxygen atoms in total. The Morgan fingerprint density at radius 2 is 1.45 bits per heavy atom. The van der Waals surface area contributed by atoms with E-state index in [2.05, 4.69) is 20.7 Å². The van der Waals surface area contributed by atoms with Gasteiger partial charge in [-0.1, -0.05) is 11.8 Å². The Morgan fingerprint density at radius 3 is 2.04 bits per heavy atom. The van der Waals surface area contributed by atoms with Crippen LogP contribution >= 0.6 is 11.8 Å². The van der Waals surface area contributed by atoms with Crippen LogP contribution in [0.3, 0.4) is 0 Å². The molecule has 0 spiro atoms. The van der Waals surface area contributed by atoms with Gasteiger partial charge >= 0.3 is 41.8 Å². The molecule has 3 heterocycles. The van der Waals surface area contributed by atoms with Crippen molar-refractivity contribution in [3.05, 3.63) is 17.6 Å². The Labute approximate surface area is 322 Å². The van der Waals surface area contributed by atoms with Crippen LogP contribution in [0, 0.1) is 6.92 Å². The molecule has 0 saturated carbocycles. The van der Waals surface area contributed by atoms with Crippen molar-refractivity contribution in [2.45, 2.75) is 103 Å². The van der Waals surface area contributed by atoms with Crippen LogP contribution in [0.25, 0.3) is 11.5 Å². The normalized spacial score (nSPS) is 18.5. The number of furan rings is 1. The average Bonchev–Trinajstić information content (AvgIpc) is 3.81. The van der Waals surface area contributed by atoms with Crippen molar-refractivity contribution in [1.29, 1.82) is 0 Å². The third-order valence-corrected chi connectivity index (χ3v) is 7.82. The van der Waals surface area contributed by atoms with Gasteiger partial charge in [-0.15, -0.1) is 10.2 Å². The Morgan fingerprint density at radius 1 is 0.821 bits per heavy atom. The van der Waals surface area contributed by atoms with Gasteiger partial charge < -0.3 is 46.7 Å². The average molecular weight is 813 g/mol. The number of aromatic nitrogens is 2. The SMILES string of the molecule is CC(=O)OC[C@@H](OC(C)=O)[C@@H](OC(C)=O)[C@H](OC(C)=O)[C@H](/C=N/NC(=O)CSc1nnc(-c2cc([C@@H]3OC[C@@H](OC(C)=O)[C@H]3OC(C)=O)oc2C)o1)OC(C)=O. The minimum atomic E-state index is -1.73. The maximum atomic E-state index is 12.7.